The summed E-state index contributed by atoms with van der Waals surface area (Å²) in [5.41, 5.74) is -1.96. The molecule has 2 N–H and O–H groups in total. The maximum Gasteiger partial charge on any atom is 0.246 e. The van der Waals surface area contributed by atoms with Crippen LogP contribution in [0.3, 0.4) is 0 Å². The van der Waals surface area contributed by atoms with Crippen LogP contribution >= 0.6 is 0 Å². The molecule has 3 heterocycles. The number of amides is 3. The summed E-state index contributed by atoms with van der Waals surface area (Å²) in [6, 6.07) is 5.78. The van der Waals surface area contributed by atoms with Gasteiger partial charge in [-0.25, -0.2) is 0 Å². The number of hydrogen-bond acceptors (Lipinski definition) is 5. The van der Waals surface area contributed by atoms with Gasteiger partial charge in [0, 0.05) is 22.8 Å². The molecule has 5 rings (SSSR count). The first-order chi connectivity index (χ1) is 17.4. The number of rotatable bonds is 5. The van der Waals surface area contributed by atoms with Crippen molar-refractivity contribution in [2.24, 2.45) is 11.8 Å². The van der Waals surface area contributed by atoms with Crippen molar-refractivity contribution in [3.8, 4) is 0 Å². The Morgan fingerprint density at radius 1 is 1.05 bits per heavy atom. The number of fused-ring (bicyclic) bond motifs is 1. The Kier molecular flexibility index (Phi) is 6.09. The van der Waals surface area contributed by atoms with Gasteiger partial charge in [-0.15, -0.1) is 0 Å². The summed E-state index contributed by atoms with van der Waals surface area (Å²) < 4.78 is 6.58. The van der Waals surface area contributed by atoms with Gasteiger partial charge in [0.2, 0.25) is 17.7 Å². The van der Waals surface area contributed by atoms with Crippen LogP contribution < -0.4 is 15.5 Å². The van der Waals surface area contributed by atoms with Gasteiger partial charge in [-0.1, -0.05) is 43.5 Å². The molecule has 1 aliphatic carbocycles. The van der Waals surface area contributed by atoms with E-state index in [4.69, 9.17) is 4.74 Å². The number of carbonyl (C=O) groups excluding carboxylic acids is 4. The second-order valence-corrected chi connectivity index (χ2v) is 12.2. The Hall–Kier alpha value is -3.00. The topological polar surface area (TPSA) is 105 Å². The summed E-state index contributed by atoms with van der Waals surface area (Å²) in [7, 11) is 0. The van der Waals surface area contributed by atoms with E-state index in [1.807, 2.05) is 39.8 Å². The Labute approximate surface area is 218 Å². The van der Waals surface area contributed by atoms with Gasteiger partial charge in [-0.3, -0.25) is 24.1 Å². The first kappa shape index (κ1) is 25.6. The molecule has 8 nitrogen and oxygen atoms in total. The van der Waals surface area contributed by atoms with Gasteiger partial charge in [0.1, 0.15) is 11.6 Å². The molecule has 0 radical (unpaired) electrons. The quantitative estimate of drug-likeness (QED) is 0.470. The van der Waals surface area contributed by atoms with Crippen LogP contribution in [0.4, 0.5) is 5.69 Å². The highest BCUT2D eigenvalue weighted by Crippen LogP contribution is 2.60. The third-order valence-electron chi connectivity index (χ3n) is 8.21. The molecule has 4 aliphatic rings. The van der Waals surface area contributed by atoms with Crippen LogP contribution in [0.2, 0.25) is 0 Å². The van der Waals surface area contributed by atoms with E-state index >= 15 is 0 Å². The lowest BCUT2D eigenvalue weighted by Gasteiger charge is -2.35. The molecule has 37 heavy (non-hydrogen) atoms. The number of benzene rings is 1. The summed E-state index contributed by atoms with van der Waals surface area (Å²) in [6.45, 7) is 8.92. The van der Waals surface area contributed by atoms with Crippen LogP contribution in [0.25, 0.3) is 0 Å². The summed E-state index contributed by atoms with van der Waals surface area (Å²) in [5, 5.41) is 6.21. The molecular weight excluding hydrogens is 470 g/mol. The average molecular weight is 508 g/mol. The normalized spacial score (nSPS) is 32.9. The summed E-state index contributed by atoms with van der Waals surface area (Å²) in [5.74, 6) is -2.67. The maximum absolute atomic E-state index is 14.3. The number of nitrogens with one attached hydrogen (secondary N) is 2. The van der Waals surface area contributed by atoms with E-state index in [0.717, 1.165) is 25.7 Å². The minimum absolute atomic E-state index is 0.0868. The molecule has 1 aromatic carbocycles. The molecule has 2 bridgehead atoms. The first-order valence-electron chi connectivity index (χ1n) is 13.3. The maximum atomic E-state index is 14.3. The third kappa shape index (κ3) is 4.19. The van der Waals surface area contributed by atoms with Crippen LogP contribution in [0.1, 0.15) is 77.1 Å². The molecule has 3 amide bonds. The van der Waals surface area contributed by atoms with Crippen LogP contribution in [-0.4, -0.2) is 52.3 Å². The van der Waals surface area contributed by atoms with Gasteiger partial charge < -0.3 is 15.4 Å². The third-order valence-corrected chi connectivity index (χ3v) is 8.21. The number of carbonyl (C=O) groups is 4. The zero-order valence-electron chi connectivity index (χ0n) is 22.3. The van der Waals surface area contributed by atoms with Crippen molar-refractivity contribution in [2.45, 2.75) is 95.5 Å². The molecule has 0 aromatic heterocycles. The fourth-order valence-electron chi connectivity index (χ4n) is 6.66. The fraction of sp³-hybridized carbons (Fsp3) is 0.586. The zero-order valence-corrected chi connectivity index (χ0v) is 22.3. The molecular formula is C29H37N3O5. The van der Waals surface area contributed by atoms with Crippen LogP contribution in [0, 0.1) is 11.8 Å². The first-order valence-corrected chi connectivity index (χ1v) is 13.3. The van der Waals surface area contributed by atoms with Crippen LogP contribution in [-0.2, 0) is 19.1 Å². The molecule has 1 spiro atoms. The van der Waals surface area contributed by atoms with Crippen molar-refractivity contribution in [2.75, 3.05) is 4.90 Å². The van der Waals surface area contributed by atoms with Crippen LogP contribution in [0.15, 0.2) is 36.4 Å². The van der Waals surface area contributed by atoms with Gasteiger partial charge >= 0.3 is 0 Å². The van der Waals surface area contributed by atoms with Gasteiger partial charge in [0.25, 0.3) is 0 Å². The second kappa shape index (κ2) is 8.79. The van der Waals surface area contributed by atoms with E-state index in [2.05, 4.69) is 10.6 Å². The smallest absolute Gasteiger partial charge is 0.246 e. The van der Waals surface area contributed by atoms with E-state index in [1.165, 1.54) is 18.2 Å². The monoisotopic (exact) mass is 507 g/mol. The lowest BCUT2D eigenvalue weighted by molar-refractivity contribution is -0.135. The predicted octanol–water partition coefficient (Wildman–Crippen LogP) is 3.30. The summed E-state index contributed by atoms with van der Waals surface area (Å²) in [6.07, 6.45) is 8.82. The molecule has 5 atom stereocenters. The van der Waals surface area contributed by atoms with Gasteiger partial charge in [0.05, 0.1) is 17.4 Å². The standard InChI is InChI=1S/C29H37N3O5/c1-17(33)18-10-9-13-20(16-18)32-23(25(35)31-27(2,3)4)29-15-14-28(5,37-29)21(22(29)26(32)36)24(34)30-19-11-7-6-8-12-19/h9-10,13-16,19,21-23H,6-8,11-12H2,1-5H3,(H,30,34)(H,31,35)/t21-,22+,23-,28-,29+/m1/s1. The van der Waals surface area contributed by atoms with E-state index in [-0.39, 0.29) is 29.5 Å². The van der Waals surface area contributed by atoms with E-state index in [1.54, 1.807) is 24.3 Å². The Balaban J connectivity index is 1.58. The molecule has 1 aromatic rings. The lowest BCUT2D eigenvalue weighted by Crippen LogP contribution is -2.58. The SMILES string of the molecule is CC(=O)c1cccc(N2C(=O)[C@@H]3[C@H](C(=O)NC4CCCCC4)[C@@]4(C)C=C[C@@]3(O4)[C@H]2C(=O)NC(C)(C)C)c1. The number of Topliss-reactive ketones (excluding diaryl/α,β-unsaturated/α-hetero) is 1. The van der Waals surface area contributed by atoms with Crippen LogP contribution in [0.5, 0.6) is 0 Å². The second-order valence-electron chi connectivity index (χ2n) is 12.2. The molecule has 3 fully saturated rings. The van der Waals surface area contributed by atoms with Gasteiger partial charge in [0.15, 0.2) is 5.78 Å². The Bertz CT molecular complexity index is 1180. The molecule has 8 heteroatoms. The number of ketones is 1. The van der Waals surface area contributed by atoms with E-state index in [9.17, 15) is 19.2 Å². The molecule has 198 valence electrons. The zero-order chi connectivity index (χ0) is 26.8. The van der Waals surface area contributed by atoms with Gasteiger partial charge in [-0.2, -0.15) is 0 Å². The highest BCUT2D eigenvalue weighted by Gasteiger charge is 2.76. The van der Waals surface area contributed by atoms with E-state index in [0.29, 0.717) is 11.3 Å². The van der Waals surface area contributed by atoms with Crippen molar-refractivity contribution < 1.29 is 23.9 Å². The number of nitrogens with zero attached hydrogens (tertiary/aromatic N) is 1. The molecule has 3 aliphatic heterocycles. The predicted molar refractivity (Wildman–Crippen MR) is 139 cm³/mol. The number of anilines is 1. The summed E-state index contributed by atoms with van der Waals surface area (Å²) in [4.78, 5) is 55.4. The summed E-state index contributed by atoms with van der Waals surface area (Å²) >= 11 is 0. The molecule has 2 saturated heterocycles. The van der Waals surface area contributed by atoms with Crippen molar-refractivity contribution in [3.63, 3.8) is 0 Å². The molecule has 1 saturated carbocycles. The van der Waals surface area contributed by atoms with Crippen molar-refractivity contribution in [3.05, 3.63) is 42.0 Å². The lowest BCUT2D eigenvalue weighted by atomic mass is 9.70. The number of hydrogen-bond donors (Lipinski definition) is 2. The minimum atomic E-state index is -1.29. The van der Waals surface area contributed by atoms with Crippen molar-refractivity contribution >= 4 is 29.2 Å². The Morgan fingerprint density at radius 2 is 1.76 bits per heavy atom. The highest BCUT2D eigenvalue weighted by atomic mass is 16.5. The molecule has 0 unspecified atom stereocenters. The largest absolute Gasteiger partial charge is 0.356 e. The minimum Gasteiger partial charge on any atom is -0.356 e. The van der Waals surface area contributed by atoms with Gasteiger partial charge in [-0.05, 0) is 59.6 Å². The Morgan fingerprint density at radius 3 is 2.41 bits per heavy atom. The fourth-order valence-corrected chi connectivity index (χ4v) is 6.66. The van der Waals surface area contributed by atoms with E-state index < -0.39 is 34.6 Å². The highest BCUT2D eigenvalue weighted by molar-refractivity contribution is 6.11. The average Bonchev–Trinajstić information content (AvgIpc) is 3.39. The van der Waals surface area contributed by atoms with Crippen molar-refractivity contribution in [1.29, 1.82) is 0 Å². The number of ether oxygens (including phenoxy) is 1. The van der Waals surface area contributed by atoms with Crippen molar-refractivity contribution in [1.82, 2.24) is 10.6 Å².